The summed E-state index contributed by atoms with van der Waals surface area (Å²) in [5.41, 5.74) is -1.45. The van der Waals surface area contributed by atoms with Crippen molar-refractivity contribution in [2.45, 2.75) is 80.2 Å². The summed E-state index contributed by atoms with van der Waals surface area (Å²) in [5, 5.41) is 79.7. The van der Waals surface area contributed by atoms with Gasteiger partial charge in [0, 0.05) is 0 Å². The van der Waals surface area contributed by atoms with Crippen molar-refractivity contribution in [2.24, 2.45) is 5.92 Å². The normalized spacial score (nSPS) is 50.0. The lowest BCUT2D eigenvalue weighted by Gasteiger charge is -2.47. The van der Waals surface area contributed by atoms with Crippen LogP contribution in [-0.4, -0.2) is 133 Å². The summed E-state index contributed by atoms with van der Waals surface area (Å²) in [5.74, 6) is -1.61. The van der Waals surface area contributed by atoms with Gasteiger partial charge in [0.1, 0.15) is 48.8 Å². The van der Waals surface area contributed by atoms with Crippen LogP contribution >= 0.6 is 0 Å². The molecule has 14 nitrogen and oxygen atoms in total. The summed E-state index contributed by atoms with van der Waals surface area (Å²) in [6.07, 6.45) is -13.7. The minimum Gasteiger partial charge on any atom is -0.472 e. The van der Waals surface area contributed by atoms with Crippen LogP contribution in [0.25, 0.3) is 0 Å². The molecule has 35 heavy (non-hydrogen) atoms. The fraction of sp³-hybridized carbons (Fsp3) is 0.762. The number of hydrogen-bond acceptors (Lipinski definition) is 14. The number of rotatable bonds is 6. The Labute approximate surface area is 199 Å². The first-order valence-electron chi connectivity index (χ1n) is 11.1. The second-order valence-corrected chi connectivity index (χ2v) is 8.98. The molecule has 3 aliphatic heterocycles. The highest BCUT2D eigenvalue weighted by atomic mass is 16.8. The maximum Gasteiger partial charge on any atom is 0.211 e. The van der Waals surface area contributed by atoms with Crippen molar-refractivity contribution in [3.8, 4) is 0 Å². The smallest absolute Gasteiger partial charge is 0.211 e. The summed E-state index contributed by atoms with van der Waals surface area (Å²) in [6.45, 7) is 0.197. The Balaban J connectivity index is 1.58. The average Bonchev–Trinajstić information content (AvgIpc) is 3.09. The Kier molecular flexibility index (Phi) is 7.64. The van der Waals surface area contributed by atoms with Gasteiger partial charge in [0.25, 0.3) is 0 Å². The molecule has 2 fully saturated rings. The molecule has 0 radical (unpaired) electrons. The first kappa shape index (κ1) is 26.5. The molecular formula is C21H30O14. The standard InChI is InChI=1S/C21H30O14/c1-7-4-10(24)21(35-20-17(30)15(28)13(26)9(6-23)33-20)2-3-31-18(11(7)21)34-19-16(29)14(27)12(25)8(5-22)32-19/h2-4,8-9,11-20,22-23,25-30H,5-6H2,1H3/t8-,9-,11?,12-,13-,14+,15+,16-,17-,18+,19+,20+,21?/m1/s1. The third-order valence-corrected chi connectivity index (χ3v) is 6.77. The largest absolute Gasteiger partial charge is 0.472 e. The average molecular weight is 506 g/mol. The van der Waals surface area contributed by atoms with E-state index in [2.05, 4.69) is 0 Å². The van der Waals surface area contributed by atoms with Crippen LogP contribution in [0, 0.1) is 5.92 Å². The molecule has 0 amide bonds. The molecule has 2 saturated heterocycles. The zero-order valence-electron chi connectivity index (χ0n) is 18.6. The van der Waals surface area contributed by atoms with E-state index >= 15 is 0 Å². The van der Waals surface area contributed by atoms with Crippen molar-refractivity contribution in [1.29, 1.82) is 0 Å². The van der Waals surface area contributed by atoms with Gasteiger partial charge in [-0.2, -0.15) is 0 Å². The molecule has 3 heterocycles. The first-order valence-corrected chi connectivity index (χ1v) is 11.1. The molecule has 8 N–H and O–H groups in total. The molecule has 2 unspecified atom stereocenters. The maximum atomic E-state index is 13.1. The van der Waals surface area contributed by atoms with Crippen LogP contribution in [0.5, 0.6) is 0 Å². The highest BCUT2D eigenvalue weighted by Gasteiger charge is 2.60. The lowest BCUT2D eigenvalue weighted by Crippen LogP contribution is -2.63. The van der Waals surface area contributed by atoms with E-state index in [1.165, 1.54) is 12.2 Å². The number of carbonyl (C=O) groups excluding carboxylic acids is 1. The number of ketones is 1. The third kappa shape index (κ3) is 4.43. The van der Waals surface area contributed by atoms with Crippen LogP contribution in [0.3, 0.4) is 0 Å². The highest BCUT2D eigenvalue weighted by Crippen LogP contribution is 2.46. The Morgan fingerprint density at radius 1 is 0.829 bits per heavy atom. The van der Waals surface area contributed by atoms with Crippen LogP contribution in [0.2, 0.25) is 0 Å². The maximum absolute atomic E-state index is 13.1. The van der Waals surface area contributed by atoms with Crippen LogP contribution in [0.1, 0.15) is 6.92 Å². The number of carbonyl (C=O) groups is 1. The van der Waals surface area contributed by atoms with E-state index in [1.54, 1.807) is 6.92 Å². The second kappa shape index (κ2) is 10.1. The minimum absolute atomic E-state index is 0.415. The molecule has 4 rings (SSSR count). The molecule has 0 saturated carbocycles. The molecule has 198 valence electrons. The lowest BCUT2D eigenvalue weighted by atomic mass is 9.83. The zero-order chi connectivity index (χ0) is 25.7. The molecule has 1 aliphatic carbocycles. The van der Waals surface area contributed by atoms with Crippen LogP contribution in [0.4, 0.5) is 0 Å². The van der Waals surface area contributed by atoms with Crippen molar-refractivity contribution in [1.82, 2.24) is 0 Å². The van der Waals surface area contributed by atoms with E-state index in [0.717, 1.165) is 6.26 Å². The summed E-state index contributed by atoms with van der Waals surface area (Å²) in [4.78, 5) is 13.1. The molecule has 0 spiro atoms. The number of aliphatic hydroxyl groups excluding tert-OH is 8. The summed E-state index contributed by atoms with van der Waals surface area (Å²) in [6, 6.07) is 0. The van der Waals surface area contributed by atoms with Crippen molar-refractivity contribution in [3.05, 3.63) is 24.0 Å². The minimum atomic E-state index is -1.87. The number of aliphatic hydroxyl groups is 8. The lowest BCUT2D eigenvalue weighted by molar-refractivity contribution is -0.354. The molecule has 0 aromatic heterocycles. The van der Waals surface area contributed by atoms with E-state index in [-0.39, 0.29) is 0 Å². The highest BCUT2D eigenvalue weighted by molar-refractivity contribution is 6.03. The van der Waals surface area contributed by atoms with Crippen LogP contribution in [-0.2, 0) is 28.5 Å². The van der Waals surface area contributed by atoms with Crippen molar-refractivity contribution < 1.29 is 69.3 Å². The number of fused-ring (bicyclic) bond motifs is 1. The van der Waals surface area contributed by atoms with Crippen molar-refractivity contribution in [2.75, 3.05) is 13.2 Å². The Hall–Kier alpha value is -1.53. The van der Waals surface area contributed by atoms with E-state index in [1.807, 2.05) is 0 Å². The van der Waals surface area contributed by atoms with Crippen LogP contribution in [0.15, 0.2) is 24.0 Å². The topological polar surface area (TPSA) is 225 Å². The van der Waals surface area contributed by atoms with Crippen LogP contribution < -0.4 is 0 Å². The molecule has 0 aromatic carbocycles. The van der Waals surface area contributed by atoms with E-state index in [9.17, 15) is 45.6 Å². The predicted molar refractivity (Wildman–Crippen MR) is 109 cm³/mol. The van der Waals surface area contributed by atoms with E-state index in [4.69, 9.17) is 23.7 Å². The van der Waals surface area contributed by atoms with Gasteiger partial charge >= 0.3 is 0 Å². The fourth-order valence-corrected chi connectivity index (χ4v) is 4.75. The van der Waals surface area contributed by atoms with Crippen molar-refractivity contribution in [3.63, 3.8) is 0 Å². The Morgan fingerprint density at radius 2 is 1.37 bits per heavy atom. The predicted octanol–water partition coefficient (Wildman–Crippen LogP) is -4.63. The summed E-state index contributed by atoms with van der Waals surface area (Å²) in [7, 11) is 0. The Morgan fingerprint density at radius 3 is 1.94 bits per heavy atom. The molecule has 0 aromatic rings. The van der Waals surface area contributed by atoms with Gasteiger partial charge in [-0.1, -0.05) is 5.57 Å². The molecular weight excluding hydrogens is 476 g/mol. The quantitative estimate of drug-likeness (QED) is 0.170. The summed E-state index contributed by atoms with van der Waals surface area (Å²) >= 11 is 0. The van der Waals surface area contributed by atoms with Gasteiger partial charge in [-0.05, 0) is 19.1 Å². The fourth-order valence-electron chi connectivity index (χ4n) is 4.75. The van der Waals surface area contributed by atoms with Gasteiger partial charge in [0.05, 0.1) is 25.4 Å². The second-order valence-electron chi connectivity index (χ2n) is 8.98. The molecule has 0 bridgehead atoms. The van der Waals surface area contributed by atoms with Gasteiger partial charge in [0.2, 0.25) is 6.29 Å². The number of hydrogen-bond donors (Lipinski definition) is 8. The van der Waals surface area contributed by atoms with Crippen molar-refractivity contribution >= 4 is 5.78 Å². The third-order valence-electron chi connectivity index (χ3n) is 6.77. The monoisotopic (exact) mass is 506 g/mol. The van der Waals surface area contributed by atoms with Gasteiger partial charge in [-0.15, -0.1) is 0 Å². The first-order chi connectivity index (χ1) is 16.5. The summed E-state index contributed by atoms with van der Waals surface area (Å²) < 4.78 is 27.9. The zero-order valence-corrected chi connectivity index (χ0v) is 18.6. The Bertz CT molecular complexity index is 844. The van der Waals surface area contributed by atoms with Gasteiger partial charge in [-0.25, -0.2) is 0 Å². The SMILES string of the molecule is CC1=CC(=O)C2(O[C@@H]3O[C@H](CO)[C@@H](O)[C@H](O)[C@H]3O)C=CO[C@@H](O[C@@H]3O[C@H](CO)[C@@H](O)[C@H](O)[C@H]3O)C12. The number of ether oxygens (including phenoxy) is 5. The van der Waals surface area contributed by atoms with Gasteiger partial charge in [0.15, 0.2) is 24.0 Å². The van der Waals surface area contributed by atoms with Gasteiger partial charge < -0.3 is 64.5 Å². The molecule has 14 heteroatoms. The van der Waals surface area contributed by atoms with E-state index in [0.29, 0.717) is 5.57 Å². The van der Waals surface area contributed by atoms with Gasteiger partial charge in [-0.3, -0.25) is 4.79 Å². The van der Waals surface area contributed by atoms with E-state index < -0.39 is 98.2 Å². The molecule has 4 aliphatic rings. The molecule has 13 atom stereocenters.